The van der Waals surface area contributed by atoms with E-state index in [9.17, 15) is 8.42 Å². The molecule has 3 rings (SSSR count). The Balaban J connectivity index is 1.58. The predicted molar refractivity (Wildman–Crippen MR) is 92.9 cm³/mol. The normalized spacial score (nSPS) is 21.4. The van der Waals surface area contributed by atoms with Crippen molar-refractivity contribution in [3.05, 3.63) is 29.8 Å². The van der Waals surface area contributed by atoms with Gasteiger partial charge in [-0.3, -0.25) is 0 Å². The first-order chi connectivity index (χ1) is 11.0. The quantitative estimate of drug-likeness (QED) is 0.850. The molecule has 2 heterocycles. The maximum absolute atomic E-state index is 12.4. The zero-order chi connectivity index (χ0) is 16.4. The number of nitrogens with zero attached hydrogens (tertiary/aromatic N) is 3. The van der Waals surface area contributed by atoms with Gasteiger partial charge < -0.3 is 9.80 Å². The molecule has 0 radical (unpaired) electrons. The van der Waals surface area contributed by atoms with E-state index >= 15 is 0 Å². The van der Waals surface area contributed by atoms with Crippen LogP contribution in [0.4, 0.5) is 5.69 Å². The zero-order valence-electron chi connectivity index (χ0n) is 13.9. The Morgan fingerprint density at radius 1 is 1.13 bits per heavy atom. The lowest BCUT2D eigenvalue weighted by Crippen LogP contribution is -2.52. The number of benzene rings is 1. The van der Waals surface area contributed by atoms with Crippen LogP contribution in [0.5, 0.6) is 0 Å². The molecule has 0 aliphatic carbocycles. The molecule has 2 aliphatic heterocycles. The third-order valence-electron chi connectivity index (χ3n) is 4.82. The molecule has 1 N–H and O–H groups in total. The van der Waals surface area contributed by atoms with Gasteiger partial charge in [-0.1, -0.05) is 18.2 Å². The highest BCUT2D eigenvalue weighted by molar-refractivity contribution is 7.87. The molecule has 23 heavy (non-hydrogen) atoms. The van der Waals surface area contributed by atoms with Crippen LogP contribution in [0.3, 0.4) is 0 Å². The van der Waals surface area contributed by atoms with Crippen LogP contribution < -0.4 is 9.62 Å². The second kappa shape index (κ2) is 6.76. The van der Waals surface area contributed by atoms with E-state index in [1.807, 2.05) is 13.1 Å². The zero-order valence-corrected chi connectivity index (χ0v) is 14.7. The lowest BCUT2D eigenvalue weighted by molar-refractivity contribution is 0.221. The van der Waals surface area contributed by atoms with E-state index in [0.717, 1.165) is 26.1 Å². The predicted octanol–water partition coefficient (Wildman–Crippen LogP) is 0.519. The number of likely N-dealkylation sites (N-methyl/N-ethyl adjacent to an activating group) is 1. The number of fused-ring (bicyclic) bond motifs is 1. The Bertz CT molecular complexity index is 641. The first kappa shape index (κ1) is 16.7. The highest BCUT2D eigenvalue weighted by Crippen LogP contribution is 2.28. The summed E-state index contributed by atoms with van der Waals surface area (Å²) in [7, 11) is -1.36. The summed E-state index contributed by atoms with van der Waals surface area (Å²) in [6.07, 6.45) is 1.03. The number of nitrogens with one attached hydrogen (secondary N) is 1. The molecule has 1 unspecified atom stereocenters. The lowest BCUT2D eigenvalue weighted by Gasteiger charge is -2.33. The van der Waals surface area contributed by atoms with Crippen molar-refractivity contribution in [1.29, 1.82) is 0 Å². The van der Waals surface area contributed by atoms with Crippen molar-refractivity contribution in [2.45, 2.75) is 19.4 Å². The van der Waals surface area contributed by atoms with Crippen molar-refractivity contribution in [2.75, 3.05) is 51.2 Å². The maximum Gasteiger partial charge on any atom is 0.279 e. The summed E-state index contributed by atoms with van der Waals surface area (Å²) < 4.78 is 29.2. The summed E-state index contributed by atoms with van der Waals surface area (Å²) in [5.41, 5.74) is 2.58. The van der Waals surface area contributed by atoms with Gasteiger partial charge in [0.05, 0.1) is 0 Å². The third kappa shape index (κ3) is 3.68. The first-order valence-electron chi connectivity index (χ1n) is 8.25. The van der Waals surface area contributed by atoms with Crippen LogP contribution in [0.25, 0.3) is 0 Å². The summed E-state index contributed by atoms with van der Waals surface area (Å²) in [6, 6.07) is 8.51. The largest absolute Gasteiger partial charge is 0.367 e. The molecule has 2 aliphatic rings. The molecule has 0 spiro atoms. The van der Waals surface area contributed by atoms with Crippen molar-refractivity contribution in [1.82, 2.24) is 13.9 Å². The number of anilines is 1. The fraction of sp³-hybridized carbons (Fsp3) is 0.625. The number of rotatable bonds is 5. The van der Waals surface area contributed by atoms with Crippen LogP contribution in [0, 0.1) is 0 Å². The van der Waals surface area contributed by atoms with E-state index in [1.54, 1.807) is 4.31 Å². The Kier molecular flexibility index (Phi) is 4.91. The Labute approximate surface area is 139 Å². The second-order valence-electron chi connectivity index (χ2n) is 6.48. The summed E-state index contributed by atoms with van der Waals surface area (Å²) >= 11 is 0. The van der Waals surface area contributed by atoms with Gasteiger partial charge in [0, 0.05) is 51.0 Å². The van der Waals surface area contributed by atoms with E-state index in [1.165, 1.54) is 11.3 Å². The van der Waals surface area contributed by atoms with Gasteiger partial charge in [-0.25, -0.2) is 4.72 Å². The van der Waals surface area contributed by atoms with E-state index in [2.05, 4.69) is 39.6 Å². The van der Waals surface area contributed by atoms with E-state index in [-0.39, 0.29) is 6.04 Å². The number of hydrogen-bond acceptors (Lipinski definition) is 4. The lowest BCUT2D eigenvalue weighted by atomic mass is 10.2. The molecular weight excluding hydrogens is 312 g/mol. The van der Waals surface area contributed by atoms with Gasteiger partial charge in [0.2, 0.25) is 0 Å². The molecule has 1 aromatic rings. The van der Waals surface area contributed by atoms with Crippen LogP contribution in [-0.4, -0.2) is 70.0 Å². The summed E-state index contributed by atoms with van der Waals surface area (Å²) in [5.74, 6) is 0. The molecule has 0 bridgehead atoms. The molecule has 128 valence electrons. The molecule has 7 heteroatoms. The van der Waals surface area contributed by atoms with Crippen LogP contribution in [0.1, 0.15) is 12.5 Å². The van der Waals surface area contributed by atoms with Gasteiger partial charge in [0.15, 0.2) is 0 Å². The topological polar surface area (TPSA) is 55.9 Å². The fourth-order valence-electron chi connectivity index (χ4n) is 3.28. The number of para-hydroxylation sites is 1. The minimum absolute atomic E-state index is 0.140. The van der Waals surface area contributed by atoms with Crippen molar-refractivity contribution in [3.8, 4) is 0 Å². The van der Waals surface area contributed by atoms with Crippen LogP contribution >= 0.6 is 0 Å². The van der Waals surface area contributed by atoms with Crippen LogP contribution in [0.2, 0.25) is 0 Å². The minimum atomic E-state index is -3.38. The average Bonchev–Trinajstić information content (AvgIpc) is 2.97. The SMILES string of the molecule is CC(CNS(=O)(=O)N1CCN(C)CC1)N1CCc2ccccc21. The maximum atomic E-state index is 12.4. The minimum Gasteiger partial charge on any atom is -0.367 e. The van der Waals surface area contributed by atoms with Gasteiger partial charge in [-0.2, -0.15) is 12.7 Å². The van der Waals surface area contributed by atoms with Gasteiger partial charge >= 0.3 is 0 Å². The Morgan fingerprint density at radius 3 is 2.57 bits per heavy atom. The van der Waals surface area contributed by atoms with Gasteiger partial charge in [0.1, 0.15) is 0 Å². The summed E-state index contributed by atoms with van der Waals surface area (Å²) in [6.45, 7) is 6.17. The number of piperazine rings is 1. The Hall–Kier alpha value is -1.15. The van der Waals surface area contributed by atoms with E-state index in [4.69, 9.17) is 0 Å². The standard InChI is InChI=1S/C16H26N4O2S/c1-14(20-8-7-15-5-3-4-6-16(15)20)13-17-23(21,22)19-11-9-18(2)10-12-19/h3-6,14,17H,7-13H2,1-2H3. The molecule has 1 saturated heterocycles. The summed E-state index contributed by atoms with van der Waals surface area (Å²) in [5, 5.41) is 0. The average molecular weight is 338 g/mol. The van der Waals surface area contributed by atoms with Gasteiger partial charge in [-0.05, 0) is 32.0 Å². The molecule has 0 amide bonds. The van der Waals surface area contributed by atoms with Gasteiger partial charge in [0.25, 0.3) is 10.2 Å². The van der Waals surface area contributed by atoms with E-state index < -0.39 is 10.2 Å². The third-order valence-corrected chi connectivity index (χ3v) is 6.39. The second-order valence-corrected chi connectivity index (χ2v) is 8.23. The first-order valence-corrected chi connectivity index (χ1v) is 9.69. The fourth-order valence-corrected chi connectivity index (χ4v) is 4.56. The molecule has 1 atom stereocenters. The van der Waals surface area contributed by atoms with Crippen LogP contribution in [-0.2, 0) is 16.6 Å². The van der Waals surface area contributed by atoms with Crippen molar-refractivity contribution >= 4 is 15.9 Å². The monoisotopic (exact) mass is 338 g/mol. The highest BCUT2D eigenvalue weighted by Gasteiger charge is 2.28. The molecular formula is C16H26N4O2S. The smallest absolute Gasteiger partial charge is 0.279 e. The highest BCUT2D eigenvalue weighted by atomic mass is 32.2. The molecule has 6 nitrogen and oxygen atoms in total. The summed E-state index contributed by atoms with van der Waals surface area (Å²) in [4.78, 5) is 4.44. The number of hydrogen-bond donors (Lipinski definition) is 1. The van der Waals surface area contributed by atoms with Crippen molar-refractivity contribution in [3.63, 3.8) is 0 Å². The van der Waals surface area contributed by atoms with Crippen LogP contribution in [0.15, 0.2) is 24.3 Å². The van der Waals surface area contributed by atoms with Crippen molar-refractivity contribution < 1.29 is 8.42 Å². The van der Waals surface area contributed by atoms with Crippen molar-refractivity contribution in [2.24, 2.45) is 0 Å². The molecule has 1 aromatic carbocycles. The molecule has 1 fully saturated rings. The molecule has 0 aromatic heterocycles. The Morgan fingerprint density at radius 2 is 1.83 bits per heavy atom. The van der Waals surface area contributed by atoms with Gasteiger partial charge in [-0.15, -0.1) is 0 Å². The van der Waals surface area contributed by atoms with E-state index in [0.29, 0.717) is 19.6 Å². The molecule has 0 saturated carbocycles.